The third-order valence-corrected chi connectivity index (χ3v) is 11.1. The van der Waals surface area contributed by atoms with Crippen LogP contribution in [0.2, 0.25) is 0 Å². The first kappa shape index (κ1) is 27.3. The fraction of sp³-hybridized carbons (Fsp3) is 0.767. The topological polar surface area (TPSA) is 128 Å². The van der Waals surface area contributed by atoms with Crippen molar-refractivity contribution in [2.24, 2.45) is 34.3 Å². The highest BCUT2D eigenvalue weighted by Crippen LogP contribution is 2.69. The lowest BCUT2D eigenvalue weighted by atomic mass is 9.46. The lowest BCUT2D eigenvalue weighted by molar-refractivity contribution is -0.206. The van der Waals surface area contributed by atoms with Crippen molar-refractivity contribution in [2.75, 3.05) is 19.7 Å². The molecule has 9 heteroatoms. The van der Waals surface area contributed by atoms with Gasteiger partial charge in [0.15, 0.2) is 23.5 Å². The first-order valence-corrected chi connectivity index (χ1v) is 14.7. The quantitative estimate of drug-likeness (QED) is 0.501. The van der Waals surface area contributed by atoms with Crippen LogP contribution >= 0.6 is 0 Å². The van der Waals surface area contributed by atoms with E-state index in [0.29, 0.717) is 32.2 Å². The Balaban J connectivity index is 1.30. The third-order valence-electron chi connectivity index (χ3n) is 11.1. The molecule has 214 valence electrons. The molecule has 39 heavy (non-hydrogen) atoms. The number of allylic oxidation sites excluding steroid dienone is 4. The van der Waals surface area contributed by atoms with E-state index in [2.05, 4.69) is 20.8 Å². The van der Waals surface area contributed by atoms with Crippen molar-refractivity contribution in [2.45, 2.75) is 96.0 Å². The highest BCUT2D eigenvalue weighted by molar-refractivity contribution is 6.01. The van der Waals surface area contributed by atoms with Crippen LogP contribution in [-0.2, 0) is 28.6 Å². The summed E-state index contributed by atoms with van der Waals surface area (Å²) >= 11 is 0. The standard InChI is InChI=1S/C30H42N2O7/c1-4-5-26-38-23-13-20-19-7-6-17-12-18(33)8-10-28(17,2)27(19)21(34)14-29(20,3)30(23,39-26)22(35)16-37-25-9-11-32(25)24(36)15-31/h8,10,12,19-21,23,25-27,34H,4-7,9,11,13-16,31H2,1-3H3/t19-,20-,21-,23+,25?,26?,27+,28-,29-,30+/m0/s1. The summed E-state index contributed by atoms with van der Waals surface area (Å²) in [6.45, 7) is 6.62. The molecule has 0 aromatic rings. The number of ketones is 2. The van der Waals surface area contributed by atoms with Crippen molar-refractivity contribution in [1.82, 2.24) is 4.90 Å². The van der Waals surface area contributed by atoms with Crippen molar-refractivity contribution in [1.29, 1.82) is 0 Å². The van der Waals surface area contributed by atoms with Crippen LogP contribution in [0.4, 0.5) is 0 Å². The number of hydrogen-bond acceptors (Lipinski definition) is 8. The van der Waals surface area contributed by atoms with Gasteiger partial charge in [-0.25, -0.2) is 0 Å². The van der Waals surface area contributed by atoms with Crippen molar-refractivity contribution in [3.8, 4) is 0 Å². The molecule has 0 bridgehead atoms. The molecule has 3 N–H and O–H groups in total. The van der Waals surface area contributed by atoms with Crippen LogP contribution in [0, 0.1) is 28.6 Å². The first-order valence-electron chi connectivity index (χ1n) is 14.7. The lowest BCUT2D eigenvalue weighted by Gasteiger charge is -2.59. The maximum Gasteiger partial charge on any atom is 0.238 e. The van der Waals surface area contributed by atoms with E-state index in [-0.39, 0.29) is 53.8 Å². The zero-order valence-electron chi connectivity index (χ0n) is 23.3. The summed E-state index contributed by atoms with van der Waals surface area (Å²) in [6, 6.07) is 0. The summed E-state index contributed by atoms with van der Waals surface area (Å²) in [5.74, 6) is -0.107. The summed E-state index contributed by atoms with van der Waals surface area (Å²) in [4.78, 5) is 40.0. The Morgan fingerprint density at radius 1 is 1.28 bits per heavy atom. The van der Waals surface area contributed by atoms with Gasteiger partial charge in [0.25, 0.3) is 0 Å². The van der Waals surface area contributed by atoms with Crippen molar-refractivity contribution in [3.05, 3.63) is 23.8 Å². The van der Waals surface area contributed by atoms with Gasteiger partial charge in [0, 0.05) is 29.7 Å². The minimum Gasteiger partial charge on any atom is -0.393 e. The van der Waals surface area contributed by atoms with Crippen molar-refractivity contribution >= 4 is 17.5 Å². The number of carbonyl (C=O) groups is 3. The number of likely N-dealkylation sites (tertiary alicyclic amines) is 1. The van der Waals surface area contributed by atoms with Crippen LogP contribution in [0.25, 0.3) is 0 Å². The zero-order valence-corrected chi connectivity index (χ0v) is 23.3. The molecule has 0 aromatic heterocycles. The number of aliphatic hydroxyl groups excluding tert-OH is 1. The van der Waals surface area contributed by atoms with Gasteiger partial charge in [0.05, 0.1) is 18.8 Å². The van der Waals surface area contributed by atoms with Gasteiger partial charge < -0.3 is 30.0 Å². The average Bonchev–Trinajstić information content (AvgIpc) is 3.35. The Bertz CT molecular complexity index is 1120. The van der Waals surface area contributed by atoms with Crippen LogP contribution in [0.5, 0.6) is 0 Å². The Kier molecular flexibility index (Phi) is 6.70. The largest absolute Gasteiger partial charge is 0.393 e. The molecule has 2 unspecified atom stereocenters. The number of aliphatic hydroxyl groups is 1. The zero-order chi connectivity index (χ0) is 27.7. The minimum atomic E-state index is -1.22. The molecule has 0 aromatic carbocycles. The average molecular weight is 543 g/mol. The summed E-state index contributed by atoms with van der Waals surface area (Å²) in [5, 5.41) is 11.8. The molecule has 2 heterocycles. The van der Waals surface area contributed by atoms with Crippen LogP contribution < -0.4 is 5.73 Å². The van der Waals surface area contributed by atoms with Crippen LogP contribution in [0.15, 0.2) is 23.8 Å². The van der Waals surface area contributed by atoms with Gasteiger partial charge in [-0.15, -0.1) is 0 Å². The fourth-order valence-corrected chi connectivity index (χ4v) is 9.22. The van der Waals surface area contributed by atoms with E-state index < -0.39 is 35.7 Å². The fourth-order valence-electron chi connectivity index (χ4n) is 9.22. The van der Waals surface area contributed by atoms with E-state index in [9.17, 15) is 19.5 Å². The molecule has 6 aliphatic rings. The van der Waals surface area contributed by atoms with Gasteiger partial charge >= 0.3 is 0 Å². The predicted octanol–water partition coefficient (Wildman–Crippen LogP) is 2.26. The second kappa shape index (κ2) is 9.58. The van der Waals surface area contributed by atoms with Crippen molar-refractivity contribution < 1.29 is 33.7 Å². The van der Waals surface area contributed by atoms with Crippen LogP contribution in [-0.4, -0.2) is 77.5 Å². The second-order valence-corrected chi connectivity index (χ2v) is 12.9. The number of carbonyl (C=O) groups excluding carboxylic acids is 3. The number of Topliss-reactive ketones (excluding diaryl/α,β-unsaturated/α-hetero) is 1. The molecule has 0 spiro atoms. The molecule has 2 aliphatic heterocycles. The van der Waals surface area contributed by atoms with Crippen LogP contribution in [0.1, 0.15) is 65.7 Å². The number of fused-ring (bicyclic) bond motifs is 7. The molecule has 1 amide bonds. The van der Waals surface area contributed by atoms with Gasteiger partial charge in [0.2, 0.25) is 5.91 Å². The van der Waals surface area contributed by atoms with Gasteiger partial charge in [-0.05, 0) is 56.1 Å². The van der Waals surface area contributed by atoms with Crippen LogP contribution in [0.3, 0.4) is 0 Å². The highest BCUT2D eigenvalue weighted by Gasteiger charge is 2.75. The van der Waals surface area contributed by atoms with Gasteiger partial charge in [-0.3, -0.25) is 14.4 Å². The highest BCUT2D eigenvalue weighted by atomic mass is 16.7. The SMILES string of the molecule is CCCC1O[C@@H]2C[C@H]3[C@@H]4CCC5=CC(=O)C=C[C@]5(C)[C@H]4[C@@H](O)C[C@]3(C)[C@]2(C(=O)COC2CCN2C(=O)CN)O1. The third kappa shape index (κ3) is 3.80. The maximum atomic E-state index is 14.2. The molecule has 9 nitrogen and oxygen atoms in total. The number of ether oxygens (including phenoxy) is 3. The van der Waals surface area contributed by atoms with E-state index in [1.54, 1.807) is 17.1 Å². The van der Waals surface area contributed by atoms with E-state index >= 15 is 0 Å². The Hall–Kier alpha value is -1.91. The van der Waals surface area contributed by atoms with Crippen molar-refractivity contribution in [3.63, 3.8) is 0 Å². The number of amides is 1. The molecule has 6 rings (SSSR count). The minimum absolute atomic E-state index is 0.0120. The van der Waals surface area contributed by atoms with E-state index in [0.717, 1.165) is 24.8 Å². The Morgan fingerprint density at radius 3 is 2.77 bits per heavy atom. The maximum absolute atomic E-state index is 14.2. The number of nitrogens with zero attached hydrogens (tertiary/aromatic N) is 1. The molecule has 5 fully saturated rings. The lowest BCUT2D eigenvalue weighted by Crippen LogP contribution is -2.64. The molecule has 10 atom stereocenters. The molecular weight excluding hydrogens is 500 g/mol. The number of rotatable bonds is 7. The Labute approximate surface area is 230 Å². The predicted molar refractivity (Wildman–Crippen MR) is 141 cm³/mol. The number of hydrogen-bond donors (Lipinski definition) is 2. The van der Waals surface area contributed by atoms with E-state index in [1.165, 1.54) is 0 Å². The normalized spacial score (nSPS) is 46.1. The Morgan fingerprint density at radius 2 is 2.08 bits per heavy atom. The molecule has 4 aliphatic carbocycles. The summed E-state index contributed by atoms with van der Waals surface area (Å²) in [5.41, 5.74) is 4.39. The molecule has 2 saturated heterocycles. The molecule has 0 radical (unpaired) electrons. The number of nitrogens with two attached hydrogens (primary N) is 1. The molecule has 3 saturated carbocycles. The first-order chi connectivity index (χ1) is 18.6. The second-order valence-electron chi connectivity index (χ2n) is 12.9. The van der Waals surface area contributed by atoms with E-state index in [4.69, 9.17) is 19.9 Å². The van der Waals surface area contributed by atoms with Gasteiger partial charge in [-0.2, -0.15) is 0 Å². The summed E-state index contributed by atoms with van der Waals surface area (Å²) in [7, 11) is 0. The van der Waals surface area contributed by atoms with E-state index in [1.807, 2.05) is 6.08 Å². The smallest absolute Gasteiger partial charge is 0.238 e. The monoisotopic (exact) mass is 542 g/mol. The van der Waals surface area contributed by atoms with Gasteiger partial charge in [0.1, 0.15) is 12.8 Å². The summed E-state index contributed by atoms with van der Waals surface area (Å²) in [6.07, 6.45) is 8.36. The van der Waals surface area contributed by atoms with Gasteiger partial charge in [-0.1, -0.05) is 38.8 Å². The molecular formula is C30H42N2O7. The summed E-state index contributed by atoms with van der Waals surface area (Å²) < 4.78 is 19.1.